The number of anilines is 2. The van der Waals surface area contributed by atoms with Crippen LogP contribution in [-0.2, 0) is 68.0 Å². The fourth-order valence-electron chi connectivity index (χ4n) is 11.0. The molecule has 9 rings (SSSR count). The van der Waals surface area contributed by atoms with Crippen LogP contribution in [0, 0.1) is 0 Å². The van der Waals surface area contributed by atoms with Gasteiger partial charge in [0.2, 0.25) is 24.1 Å². The lowest BCUT2D eigenvalue weighted by molar-refractivity contribution is -0.273. The van der Waals surface area contributed by atoms with Crippen molar-refractivity contribution in [1.82, 2.24) is 25.5 Å². The van der Waals surface area contributed by atoms with E-state index in [1.54, 1.807) is 79.9 Å². The van der Waals surface area contributed by atoms with Crippen LogP contribution in [-0.4, -0.2) is 152 Å². The number of benzene rings is 3. The zero-order chi connectivity index (χ0) is 60.1. The lowest BCUT2D eigenvalue weighted by Gasteiger charge is -2.40. The smallest absolute Gasteiger partial charge is 0.355 e. The van der Waals surface area contributed by atoms with Crippen LogP contribution in [0.3, 0.4) is 0 Å². The van der Waals surface area contributed by atoms with Crippen molar-refractivity contribution in [3.05, 3.63) is 111 Å². The molecule has 9 N–H and O–H groups in total. The van der Waals surface area contributed by atoms with Crippen LogP contribution in [0.25, 0.3) is 22.3 Å². The maximum absolute atomic E-state index is 14.4. The van der Waals surface area contributed by atoms with Gasteiger partial charge in [-0.05, 0) is 144 Å². The molecular weight excluding hydrogens is 1130 g/mol. The summed E-state index contributed by atoms with van der Waals surface area (Å²) < 4.78 is 47.1. The minimum atomic E-state index is -2.03. The van der Waals surface area contributed by atoms with E-state index in [-0.39, 0.29) is 47.8 Å². The van der Waals surface area contributed by atoms with E-state index < -0.39 is 96.9 Å². The number of aryl methyl sites for hydroxylation is 1. The van der Waals surface area contributed by atoms with Crippen LogP contribution in [0.5, 0.6) is 11.5 Å². The van der Waals surface area contributed by atoms with E-state index in [0.717, 1.165) is 22.0 Å². The standard InChI is InChI=1S/C59H71N7O16S2/c1-8-36-37-14-10-11-15-41(37)64-44-38(36)27-66-43(44)26-40-39(52(66)72)28-77-56(74)59(40,9-2)82-53(73)29(3)61-51(71)42(65-58(84)63-33-19-23-35(24-20-33)81-55-48(70)50(76-7)46(68)31(5)79-55)16-12-13-25-60-57(83)62-32-17-21-34(22-18-32)80-54-47(69)49(75-6)45(67)30(4)78-54/h10-11,14-15,17-24,26,29-31,42,45-50,54-55,67-70H,8-9,12-13,16,25,27-28H2,1-7H3,(H,61,71)(H2,60,62,83)(H2,63,65,84)/t29-,30-,31-,42-,45+,46+,47-,48-,49+,50+,54+,55+,59-/m0/s1. The highest BCUT2D eigenvalue weighted by atomic mass is 32.1. The van der Waals surface area contributed by atoms with Crippen LogP contribution >= 0.6 is 24.4 Å². The van der Waals surface area contributed by atoms with E-state index in [2.05, 4.69) is 26.6 Å². The van der Waals surface area contributed by atoms with Crippen molar-refractivity contribution < 1.29 is 72.7 Å². The molecule has 450 valence electrons. The summed E-state index contributed by atoms with van der Waals surface area (Å²) in [7, 11) is 2.77. The van der Waals surface area contributed by atoms with Crippen molar-refractivity contribution >= 4 is 74.8 Å². The number of hydrogen-bond donors (Lipinski definition) is 9. The van der Waals surface area contributed by atoms with Crippen LogP contribution in [0.15, 0.2) is 83.7 Å². The number of aromatic nitrogens is 2. The average Bonchev–Trinajstić information content (AvgIpc) is 1.59. The van der Waals surface area contributed by atoms with Gasteiger partial charge in [0.05, 0.1) is 41.2 Å². The molecule has 4 aliphatic rings. The monoisotopic (exact) mass is 1200 g/mol. The van der Waals surface area contributed by atoms with Crippen LogP contribution < -0.4 is 41.6 Å². The summed E-state index contributed by atoms with van der Waals surface area (Å²) in [6, 6.07) is 20.5. The van der Waals surface area contributed by atoms with E-state index in [4.69, 9.17) is 67.3 Å². The summed E-state index contributed by atoms with van der Waals surface area (Å²) in [6.45, 7) is 8.79. The van der Waals surface area contributed by atoms with Gasteiger partial charge in [0.1, 0.15) is 66.8 Å². The number of pyridine rings is 2. The van der Waals surface area contributed by atoms with Crippen molar-refractivity contribution in [2.24, 2.45) is 0 Å². The molecule has 0 bridgehead atoms. The first-order valence-corrected chi connectivity index (χ1v) is 28.7. The molecule has 2 aromatic heterocycles. The zero-order valence-electron chi connectivity index (χ0n) is 47.5. The molecule has 0 radical (unpaired) electrons. The zero-order valence-corrected chi connectivity index (χ0v) is 49.1. The van der Waals surface area contributed by atoms with Crippen molar-refractivity contribution in [2.75, 3.05) is 31.4 Å². The lowest BCUT2D eigenvalue weighted by atomic mass is 9.85. The first-order valence-electron chi connectivity index (χ1n) is 27.9. The minimum Gasteiger partial charge on any atom is -0.462 e. The van der Waals surface area contributed by atoms with Gasteiger partial charge in [-0.25, -0.2) is 14.6 Å². The Labute approximate surface area is 495 Å². The normalized spacial score (nSPS) is 25.8. The topological polar surface area (TPSA) is 301 Å². The number of cyclic esters (lactones) is 1. The number of nitrogens with zero attached hydrogens (tertiary/aromatic N) is 2. The highest BCUT2D eigenvalue weighted by Crippen LogP contribution is 2.42. The van der Waals surface area contributed by atoms with Gasteiger partial charge in [-0.15, -0.1) is 0 Å². The molecule has 0 spiro atoms. The van der Waals surface area contributed by atoms with Gasteiger partial charge in [0, 0.05) is 48.7 Å². The van der Waals surface area contributed by atoms with Crippen LogP contribution in [0.4, 0.5) is 11.4 Å². The second-order valence-electron chi connectivity index (χ2n) is 21.1. The lowest BCUT2D eigenvalue weighted by Crippen LogP contribution is -2.59. The first kappa shape index (κ1) is 61.6. The summed E-state index contributed by atoms with van der Waals surface area (Å²) in [5.74, 6) is -1.68. The number of thiocarbonyl (C=S) groups is 2. The number of carbonyl (C=O) groups excluding carboxylic acids is 3. The molecule has 0 unspecified atom stereocenters. The van der Waals surface area contributed by atoms with E-state index >= 15 is 0 Å². The molecule has 0 saturated carbocycles. The summed E-state index contributed by atoms with van der Waals surface area (Å²) in [6.07, 6.45) is -8.12. The Balaban J connectivity index is 0.852. The highest BCUT2D eigenvalue weighted by Gasteiger charge is 2.52. The Kier molecular flexibility index (Phi) is 19.5. The van der Waals surface area contributed by atoms with Crippen LogP contribution in [0.1, 0.15) is 82.6 Å². The Morgan fingerprint density at radius 1 is 0.786 bits per heavy atom. The number of carbonyl (C=O) groups is 3. The Hall–Kier alpha value is -6.91. The number of fused-ring (bicyclic) bond motifs is 5. The number of nitrogens with one attached hydrogen (secondary N) is 5. The number of methoxy groups -OCH3 is 2. The minimum absolute atomic E-state index is 0.0613. The predicted octanol–water partition coefficient (Wildman–Crippen LogP) is 3.93. The van der Waals surface area contributed by atoms with Crippen molar-refractivity contribution in [3.8, 4) is 22.9 Å². The average molecular weight is 1200 g/mol. The Morgan fingerprint density at radius 3 is 1.94 bits per heavy atom. The summed E-state index contributed by atoms with van der Waals surface area (Å²) in [4.78, 5) is 61.9. The molecule has 6 heterocycles. The number of hydrogen-bond acceptors (Lipinski definition) is 19. The molecule has 3 aromatic carbocycles. The predicted molar refractivity (Wildman–Crippen MR) is 315 cm³/mol. The number of para-hydroxylation sites is 1. The quantitative estimate of drug-likeness (QED) is 0.0297. The van der Waals surface area contributed by atoms with Gasteiger partial charge in [-0.1, -0.05) is 32.0 Å². The highest BCUT2D eigenvalue weighted by molar-refractivity contribution is 7.80. The number of unbranched alkanes of at least 4 members (excludes halogenated alkanes) is 1. The molecule has 2 saturated heterocycles. The Morgan fingerprint density at radius 2 is 1.37 bits per heavy atom. The molecule has 4 aliphatic heterocycles. The third kappa shape index (κ3) is 12.9. The number of aliphatic hydroxyl groups is 4. The summed E-state index contributed by atoms with van der Waals surface area (Å²) in [5, 5.41) is 58.7. The molecule has 1 amide bonds. The molecule has 25 heteroatoms. The number of esters is 2. The maximum Gasteiger partial charge on any atom is 0.355 e. The molecule has 2 fully saturated rings. The molecule has 0 aliphatic carbocycles. The summed E-state index contributed by atoms with van der Waals surface area (Å²) >= 11 is 11.3. The molecule has 5 aromatic rings. The van der Waals surface area contributed by atoms with Gasteiger partial charge in [-0.2, -0.15) is 0 Å². The third-order valence-electron chi connectivity index (χ3n) is 15.7. The molecular formula is C59H71N7O16S2. The molecule has 23 nitrogen and oxygen atoms in total. The second kappa shape index (κ2) is 26.6. The van der Waals surface area contributed by atoms with Crippen molar-refractivity contribution in [3.63, 3.8) is 0 Å². The maximum atomic E-state index is 14.4. The fourth-order valence-corrected chi connectivity index (χ4v) is 11.5. The molecule has 84 heavy (non-hydrogen) atoms. The van der Waals surface area contributed by atoms with Gasteiger partial charge < -0.3 is 89.5 Å². The third-order valence-corrected chi connectivity index (χ3v) is 16.2. The van der Waals surface area contributed by atoms with Crippen LogP contribution in [0.2, 0.25) is 0 Å². The number of aliphatic hydroxyl groups excluding tert-OH is 4. The SMILES string of the molecule is CCc1c2c(nc3ccccc13)-c1cc3c(c(=O)n1C2)COC(=O)[C@@]3(CC)OC(=O)[C@H](C)NC(=O)[C@H](CCCCNC(=S)Nc1ccc(O[C@H]2O[C@@H](C)[C@@H](O)[C@@H](OC)[C@@H]2O)cc1)NC(=S)Nc1ccc(O[C@H]2O[C@@H](C)[C@@H](O)[C@@H](OC)[C@@H]2O)cc1. The number of rotatable bonds is 20. The number of amides is 1. The van der Waals surface area contributed by atoms with Crippen molar-refractivity contribution in [2.45, 2.75) is 159 Å². The van der Waals surface area contributed by atoms with E-state index in [1.165, 1.54) is 21.1 Å². The van der Waals surface area contributed by atoms with E-state index in [9.17, 15) is 39.6 Å². The van der Waals surface area contributed by atoms with Crippen molar-refractivity contribution in [1.29, 1.82) is 0 Å². The van der Waals surface area contributed by atoms with Gasteiger partial charge in [0.25, 0.3) is 5.56 Å². The number of ether oxygens (including phenoxy) is 8. The molecule has 13 atom stereocenters. The van der Waals surface area contributed by atoms with Gasteiger partial charge in [0.15, 0.2) is 10.2 Å². The van der Waals surface area contributed by atoms with E-state index in [0.29, 0.717) is 65.2 Å². The second-order valence-corrected chi connectivity index (χ2v) is 21.9. The first-order chi connectivity index (χ1) is 40.3. The fraction of sp³-hybridized carbons (Fsp3) is 0.475. The van der Waals surface area contributed by atoms with Gasteiger partial charge >= 0.3 is 11.9 Å². The van der Waals surface area contributed by atoms with E-state index in [1.807, 2.05) is 31.2 Å². The Bertz CT molecular complexity index is 3300. The largest absolute Gasteiger partial charge is 0.462 e. The summed E-state index contributed by atoms with van der Waals surface area (Å²) in [5.41, 5.74) is 2.94. The van der Waals surface area contributed by atoms with Gasteiger partial charge in [-0.3, -0.25) is 9.59 Å².